The Balaban J connectivity index is 2.29. The van der Waals surface area contributed by atoms with Crippen LogP contribution < -0.4 is 0 Å². The molecule has 3 rings (SSSR count). The number of aromatic nitrogens is 1. The van der Waals surface area contributed by atoms with Gasteiger partial charge in [0.25, 0.3) is 0 Å². The molecule has 19 heavy (non-hydrogen) atoms. The molecule has 2 heteroatoms. The fraction of sp³-hybridized carbons (Fsp3) is 0.118. The van der Waals surface area contributed by atoms with Crippen LogP contribution in [0.3, 0.4) is 0 Å². The van der Waals surface area contributed by atoms with Gasteiger partial charge in [0.1, 0.15) is 0 Å². The number of benzene rings is 2. The van der Waals surface area contributed by atoms with Crippen molar-refractivity contribution in [2.45, 2.75) is 13.8 Å². The maximum atomic E-state index is 5.94. The summed E-state index contributed by atoms with van der Waals surface area (Å²) < 4.78 is 0. The third-order valence-corrected chi connectivity index (χ3v) is 3.83. The third kappa shape index (κ3) is 2.11. The molecule has 0 spiro atoms. The molecular weight excluding hydrogens is 254 g/mol. The molecule has 0 radical (unpaired) electrons. The molecule has 1 heterocycles. The lowest BCUT2D eigenvalue weighted by molar-refractivity contribution is 1.28. The van der Waals surface area contributed by atoms with Gasteiger partial charge in [0.15, 0.2) is 0 Å². The minimum Gasteiger partial charge on any atom is -0.247 e. The molecule has 0 N–H and O–H groups in total. The SMILES string of the molecule is Cc1c(-c2ccc(Cl)cc2)nc2ccccc2c1C. The number of hydrogen-bond donors (Lipinski definition) is 0. The molecule has 0 aliphatic rings. The van der Waals surface area contributed by atoms with E-state index in [0.29, 0.717) is 0 Å². The number of fused-ring (bicyclic) bond motifs is 1. The van der Waals surface area contributed by atoms with Gasteiger partial charge in [-0.05, 0) is 43.2 Å². The second-order valence-electron chi connectivity index (χ2n) is 4.73. The topological polar surface area (TPSA) is 12.9 Å². The minimum absolute atomic E-state index is 0.749. The maximum absolute atomic E-state index is 5.94. The van der Waals surface area contributed by atoms with Crippen molar-refractivity contribution in [3.8, 4) is 11.3 Å². The van der Waals surface area contributed by atoms with Crippen LogP contribution in [0.1, 0.15) is 11.1 Å². The number of para-hydroxylation sites is 1. The number of aryl methyl sites for hydroxylation is 1. The van der Waals surface area contributed by atoms with Gasteiger partial charge in [0.2, 0.25) is 0 Å². The van der Waals surface area contributed by atoms with E-state index in [1.165, 1.54) is 16.5 Å². The summed E-state index contributed by atoms with van der Waals surface area (Å²) in [6, 6.07) is 16.1. The van der Waals surface area contributed by atoms with Crippen molar-refractivity contribution in [3.63, 3.8) is 0 Å². The monoisotopic (exact) mass is 267 g/mol. The van der Waals surface area contributed by atoms with Gasteiger partial charge in [-0.2, -0.15) is 0 Å². The number of nitrogens with zero attached hydrogens (tertiary/aromatic N) is 1. The van der Waals surface area contributed by atoms with E-state index in [1.807, 2.05) is 30.3 Å². The summed E-state index contributed by atoms with van der Waals surface area (Å²) in [4.78, 5) is 4.79. The first-order valence-corrected chi connectivity index (χ1v) is 6.66. The molecule has 94 valence electrons. The first-order valence-electron chi connectivity index (χ1n) is 6.28. The van der Waals surface area contributed by atoms with Crippen LogP contribution in [0.4, 0.5) is 0 Å². The van der Waals surface area contributed by atoms with E-state index < -0.39 is 0 Å². The Labute approximate surface area is 117 Å². The molecule has 0 fully saturated rings. The van der Waals surface area contributed by atoms with Crippen molar-refractivity contribution in [3.05, 3.63) is 64.7 Å². The third-order valence-electron chi connectivity index (χ3n) is 3.58. The van der Waals surface area contributed by atoms with E-state index in [1.54, 1.807) is 0 Å². The molecule has 0 unspecified atom stereocenters. The molecule has 0 saturated heterocycles. The van der Waals surface area contributed by atoms with Gasteiger partial charge >= 0.3 is 0 Å². The Kier molecular flexibility index (Phi) is 3.00. The average molecular weight is 268 g/mol. The Morgan fingerprint density at radius 1 is 0.842 bits per heavy atom. The quantitative estimate of drug-likeness (QED) is 0.593. The molecule has 0 bridgehead atoms. The predicted octanol–water partition coefficient (Wildman–Crippen LogP) is 5.17. The van der Waals surface area contributed by atoms with Gasteiger partial charge in [-0.1, -0.05) is 41.9 Å². The summed E-state index contributed by atoms with van der Waals surface area (Å²) >= 11 is 5.94. The molecule has 0 aliphatic heterocycles. The van der Waals surface area contributed by atoms with Gasteiger partial charge in [-0.3, -0.25) is 0 Å². The zero-order valence-corrected chi connectivity index (χ0v) is 11.7. The number of pyridine rings is 1. The number of rotatable bonds is 1. The highest BCUT2D eigenvalue weighted by atomic mass is 35.5. The van der Waals surface area contributed by atoms with E-state index in [9.17, 15) is 0 Å². The van der Waals surface area contributed by atoms with Crippen LogP contribution in [0.5, 0.6) is 0 Å². The van der Waals surface area contributed by atoms with Crippen molar-refractivity contribution >= 4 is 22.5 Å². The predicted molar refractivity (Wildman–Crippen MR) is 81.7 cm³/mol. The molecular formula is C17H14ClN. The zero-order valence-electron chi connectivity index (χ0n) is 10.9. The van der Waals surface area contributed by atoms with Crippen molar-refractivity contribution < 1.29 is 0 Å². The van der Waals surface area contributed by atoms with Crippen LogP contribution in [-0.2, 0) is 0 Å². The lowest BCUT2D eigenvalue weighted by Crippen LogP contribution is -1.94. The summed E-state index contributed by atoms with van der Waals surface area (Å²) in [5.41, 5.74) is 5.69. The lowest BCUT2D eigenvalue weighted by Gasteiger charge is -2.11. The van der Waals surface area contributed by atoms with Crippen molar-refractivity contribution in [1.29, 1.82) is 0 Å². The second kappa shape index (κ2) is 4.67. The summed E-state index contributed by atoms with van der Waals surface area (Å²) in [5.74, 6) is 0. The standard InChI is InChI=1S/C17H14ClN/c1-11-12(2)17(13-7-9-14(18)10-8-13)19-16-6-4-3-5-15(11)16/h3-10H,1-2H3. The van der Waals surface area contributed by atoms with Crippen LogP contribution in [0.25, 0.3) is 22.2 Å². The Bertz CT molecular complexity index is 745. The van der Waals surface area contributed by atoms with E-state index in [-0.39, 0.29) is 0 Å². The van der Waals surface area contributed by atoms with Crippen molar-refractivity contribution in [2.24, 2.45) is 0 Å². The molecule has 0 amide bonds. The lowest BCUT2D eigenvalue weighted by atomic mass is 9.99. The number of halogens is 1. The summed E-state index contributed by atoms with van der Waals surface area (Å²) in [6.07, 6.45) is 0. The molecule has 1 nitrogen and oxygen atoms in total. The minimum atomic E-state index is 0.749. The highest BCUT2D eigenvalue weighted by Gasteiger charge is 2.09. The van der Waals surface area contributed by atoms with E-state index in [2.05, 4.69) is 32.0 Å². The molecule has 2 aromatic carbocycles. The van der Waals surface area contributed by atoms with Gasteiger partial charge in [-0.15, -0.1) is 0 Å². The molecule has 0 atom stereocenters. The van der Waals surface area contributed by atoms with Gasteiger partial charge in [0, 0.05) is 16.0 Å². The van der Waals surface area contributed by atoms with Gasteiger partial charge in [0.05, 0.1) is 11.2 Å². The second-order valence-corrected chi connectivity index (χ2v) is 5.17. The molecule has 0 aliphatic carbocycles. The largest absolute Gasteiger partial charge is 0.247 e. The fourth-order valence-electron chi connectivity index (χ4n) is 2.36. The van der Waals surface area contributed by atoms with E-state index in [4.69, 9.17) is 16.6 Å². The van der Waals surface area contributed by atoms with Crippen molar-refractivity contribution in [1.82, 2.24) is 4.98 Å². The summed E-state index contributed by atoms with van der Waals surface area (Å²) in [6.45, 7) is 4.28. The van der Waals surface area contributed by atoms with Crippen LogP contribution >= 0.6 is 11.6 Å². The highest BCUT2D eigenvalue weighted by molar-refractivity contribution is 6.30. The van der Waals surface area contributed by atoms with E-state index >= 15 is 0 Å². The summed E-state index contributed by atoms with van der Waals surface area (Å²) in [5, 5.41) is 1.97. The van der Waals surface area contributed by atoms with Crippen LogP contribution in [-0.4, -0.2) is 4.98 Å². The molecule has 0 saturated carbocycles. The van der Waals surface area contributed by atoms with Crippen molar-refractivity contribution in [2.75, 3.05) is 0 Å². The Morgan fingerprint density at radius 2 is 1.53 bits per heavy atom. The zero-order chi connectivity index (χ0) is 13.4. The Morgan fingerprint density at radius 3 is 2.26 bits per heavy atom. The first-order chi connectivity index (χ1) is 9.16. The summed E-state index contributed by atoms with van der Waals surface area (Å²) in [7, 11) is 0. The molecule has 3 aromatic rings. The highest BCUT2D eigenvalue weighted by Crippen LogP contribution is 2.29. The van der Waals surface area contributed by atoms with Crippen LogP contribution in [0, 0.1) is 13.8 Å². The number of hydrogen-bond acceptors (Lipinski definition) is 1. The van der Waals surface area contributed by atoms with Crippen LogP contribution in [0.2, 0.25) is 5.02 Å². The van der Waals surface area contributed by atoms with Gasteiger partial charge < -0.3 is 0 Å². The first kappa shape index (κ1) is 12.2. The normalized spacial score (nSPS) is 10.9. The van der Waals surface area contributed by atoms with Gasteiger partial charge in [-0.25, -0.2) is 4.98 Å². The fourth-order valence-corrected chi connectivity index (χ4v) is 2.49. The maximum Gasteiger partial charge on any atom is 0.0741 e. The molecule has 1 aromatic heterocycles. The average Bonchev–Trinajstić information content (AvgIpc) is 2.44. The van der Waals surface area contributed by atoms with E-state index in [0.717, 1.165) is 21.8 Å². The van der Waals surface area contributed by atoms with Crippen LogP contribution in [0.15, 0.2) is 48.5 Å². The smallest absolute Gasteiger partial charge is 0.0741 e. The Hall–Kier alpha value is -1.86.